The molecule has 1 aromatic carbocycles. The lowest BCUT2D eigenvalue weighted by molar-refractivity contribution is 0.243. The van der Waals surface area contributed by atoms with Gasteiger partial charge in [0.05, 0.1) is 0 Å². The normalized spacial score (nSPS) is 17.5. The number of anilines is 1. The number of nitrogens with one attached hydrogen (secondary N) is 2. The fraction of sp³-hybridized carbons (Fsp3) is 0.429. The highest BCUT2D eigenvalue weighted by Crippen LogP contribution is 2.30. The van der Waals surface area contributed by atoms with Gasteiger partial charge < -0.3 is 21.6 Å². The Balaban J connectivity index is 2.08. The number of aryl methyl sites for hydroxylation is 1. The number of nitrogens with zero attached hydrogens (tertiary/aromatic N) is 1. The van der Waals surface area contributed by atoms with Crippen LogP contribution in [0.1, 0.15) is 31.2 Å². The second-order valence-electron chi connectivity index (χ2n) is 5.32. The highest BCUT2D eigenvalue weighted by Gasteiger charge is 2.39. The molecule has 1 saturated carbocycles. The van der Waals surface area contributed by atoms with Crippen LogP contribution in [0.2, 0.25) is 5.02 Å². The van der Waals surface area contributed by atoms with Crippen molar-refractivity contribution in [2.75, 3.05) is 5.32 Å². The minimum absolute atomic E-state index is 0.0390. The van der Waals surface area contributed by atoms with Crippen LogP contribution in [0.4, 0.5) is 10.5 Å². The van der Waals surface area contributed by atoms with E-state index in [4.69, 9.17) is 22.5 Å². The molecule has 2 rings (SSSR count). The first-order valence-electron chi connectivity index (χ1n) is 6.80. The quantitative estimate of drug-likeness (QED) is 0.299. The molecule has 2 amide bonds. The lowest BCUT2D eigenvalue weighted by atomic mass is 9.96. The van der Waals surface area contributed by atoms with Crippen molar-refractivity contribution in [1.29, 1.82) is 0 Å². The van der Waals surface area contributed by atoms with Crippen LogP contribution >= 0.6 is 11.6 Å². The minimum atomic E-state index is -0.771. The molecule has 0 aliphatic heterocycles. The smallest absolute Gasteiger partial charge is 0.320 e. The highest BCUT2D eigenvalue weighted by atomic mass is 35.5. The molecule has 1 aliphatic rings. The van der Waals surface area contributed by atoms with E-state index < -0.39 is 11.6 Å². The lowest BCUT2D eigenvalue weighted by Gasteiger charge is -2.28. The molecule has 1 aromatic rings. The topological polar surface area (TPSA) is 99.7 Å². The van der Waals surface area contributed by atoms with Crippen LogP contribution in [0.25, 0.3) is 0 Å². The molecule has 0 aromatic heterocycles. The van der Waals surface area contributed by atoms with E-state index in [-0.39, 0.29) is 5.84 Å². The summed E-state index contributed by atoms with van der Waals surface area (Å²) in [5, 5.41) is 18.1. The molecule has 0 spiro atoms. The molecule has 6 nitrogen and oxygen atoms in total. The summed E-state index contributed by atoms with van der Waals surface area (Å²) < 4.78 is 0. The van der Waals surface area contributed by atoms with Crippen LogP contribution in [0, 0.1) is 6.92 Å². The molecule has 114 valence electrons. The van der Waals surface area contributed by atoms with Gasteiger partial charge in [0.1, 0.15) is 5.54 Å². The predicted molar refractivity (Wildman–Crippen MR) is 83.0 cm³/mol. The average Bonchev–Trinajstić information content (AvgIpc) is 2.91. The van der Waals surface area contributed by atoms with Gasteiger partial charge in [0.25, 0.3) is 0 Å². The second kappa shape index (κ2) is 6.22. The van der Waals surface area contributed by atoms with E-state index in [1.54, 1.807) is 12.1 Å². The van der Waals surface area contributed by atoms with Crippen molar-refractivity contribution in [3.8, 4) is 0 Å². The van der Waals surface area contributed by atoms with Gasteiger partial charge in [-0.05, 0) is 37.5 Å². The summed E-state index contributed by atoms with van der Waals surface area (Å²) >= 11 is 6.02. The Labute approximate surface area is 128 Å². The van der Waals surface area contributed by atoms with Crippen molar-refractivity contribution in [3.63, 3.8) is 0 Å². The number of hydrogen-bond acceptors (Lipinski definition) is 3. The molecule has 1 fully saturated rings. The van der Waals surface area contributed by atoms with Crippen LogP contribution < -0.4 is 16.4 Å². The maximum Gasteiger partial charge on any atom is 0.320 e. The summed E-state index contributed by atoms with van der Waals surface area (Å²) in [6, 6.07) is 4.88. The first-order valence-corrected chi connectivity index (χ1v) is 7.18. The van der Waals surface area contributed by atoms with Gasteiger partial charge in [0.2, 0.25) is 0 Å². The summed E-state index contributed by atoms with van der Waals surface area (Å²) in [5.41, 5.74) is 6.49. The Morgan fingerprint density at radius 1 is 1.43 bits per heavy atom. The number of hydrogen-bond donors (Lipinski definition) is 4. The van der Waals surface area contributed by atoms with Gasteiger partial charge in [-0.25, -0.2) is 4.79 Å². The lowest BCUT2D eigenvalue weighted by Crippen LogP contribution is -2.56. The summed E-state index contributed by atoms with van der Waals surface area (Å²) in [6.45, 7) is 1.89. The molecule has 0 atom stereocenters. The molecule has 5 N–H and O–H groups in total. The van der Waals surface area contributed by atoms with Crippen molar-refractivity contribution in [1.82, 2.24) is 5.32 Å². The van der Waals surface area contributed by atoms with Crippen molar-refractivity contribution in [3.05, 3.63) is 28.8 Å². The zero-order valence-corrected chi connectivity index (χ0v) is 12.6. The van der Waals surface area contributed by atoms with Crippen LogP contribution in [-0.2, 0) is 0 Å². The highest BCUT2D eigenvalue weighted by molar-refractivity contribution is 6.31. The molecular formula is C14H19ClN4O2. The van der Waals surface area contributed by atoms with Crippen molar-refractivity contribution >= 4 is 29.2 Å². The zero-order chi connectivity index (χ0) is 15.5. The SMILES string of the molecule is Cc1ccc(NC(=O)NC2(/C(N)=N/O)CCCC2)cc1Cl. The van der Waals surface area contributed by atoms with Gasteiger partial charge >= 0.3 is 6.03 Å². The summed E-state index contributed by atoms with van der Waals surface area (Å²) in [6.07, 6.45) is 3.16. The van der Waals surface area contributed by atoms with Crippen molar-refractivity contribution < 1.29 is 10.0 Å². The second-order valence-corrected chi connectivity index (χ2v) is 5.72. The Hall–Kier alpha value is -1.95. The zero-order valence-electron chi connectivity index (χ0n) is 11.8. The van der Waals surface area contributed by atoms with E-state index in [1.165, 1.54) is 0 Å². The number of carbonyl (C=O) groups excluding carboxylic acids is 1. The van der Waals surface area contributed by atoms with Gasteiger partial charge in [0, 0.05) is 10.7 Å². The molecule has 0 unspecified atom stereocenters. The van der Waals surface area contributed by atoms with Crippen LogP contribution in [-0.4, -0.2) is 22.6 Å². The van der Waals surface area contributed by atoms with Crippen LogP contribution in [0.15, 0.2) is 23.4 Å². The monoisotopic (exact) mass is 310 g/mol. The van der Waals surface area contributed by atoms with E-state index in [0.29, 0.717) is 23.6 Å². The first-order chi connectivity index (χ1) is 9.97. The molecule has 7 heteroatoms. The van der Waals surface area contributed by atoms with E-state index in [2.05, 4.69) is 15.8 Å². The van der Waals surface area contributed by atoms with Crippen molar-refractivity contribution in [2.24, 2.45) is 10.9 Å². The number of carbonyl (C=O) groups is 1. The predicted octanol–water partition coefficient (Wildman–Crippen LogP) is 2.83. The van der Waals surface area contributed by atoms with E-state index >= 15 is 0 Å². The number of nitrogens with two attached hydrogens (primary N) is 1. The summed E-state index contributed by atoms with van der Waals surface area (Å²) in [7, 11) is 0. The molecule has 0 saturated heterocycles. The maximum absolute atomic E-state index is 12.1. The maximum atomic E-state index is 12.1. The largest absolute Gasteiger partial charge is 0.409 e. The molecule has 0 heterocycles. The van der Waals surface area contributed by atoms with Gasteiger partial charge in [-0.3, -0.25) is 0 Å². The Bertz CT molecular complexity index is 568. The Morgan fingerprint density at radius 3 is 2.67 bits per heavy atom. The number of oxime groups is 1. The third-order valence-electron chi connectivity index (χ3n) is 3.84. The van der Waals surface area contributed by atoms with Crippen LogP contribution in [0.5, 0.6) is 0 Å². The van der Waals surface area contributed by atoms with Gasteiger partial charge in [-0.2, -0.15) is 0 Å². The third-order valence-corrected chi connectivity index (χ3v) is 4.24. The number of urea groups is 1. The molecular weight excluding hydrogens is 292 g/mol. The third kappa shape index (κ3) is 3.39. The standard InChI is InChI=1S/C14H19ClN4O2/c1-9-4-5-10(8-11(9)15)17-13(20)18-14(12(16)19-21)6-2-3-7-14/h4-5,8,21H,2-3,6-7H2,1H3,(H2,16,19)(H2,17,18,20). The van der Waals surface area contributed by atoms with E-state index in [9.17, 15) is 4.79 Å². The number of amides is 2. The molecule has 0 radical (unpaired) electrons. The number of benzene rings is 1. The fourth-order valence-corrected chi connectivity index (χ4v) is 2.75. The summed E-state index contributed by atoms with van der Waals surface area (Å²) in [5.74, 6) is 0.0390. The molecule has 1 aliphatic carbocycles. The van der Waals surface area contributed by atoms with Gasteiger partial charge in [-0.1, -0.05) is 35.7 Å². The van der Waals surface area contributed by atoms with Gasteiger partial charge in [-0.15, -0.1) is 0 Å². The minimum Gasteiger partial charge on any atom is -0.409 e. The first kappa shape index (κ1) is 15.4. The molecule has 21 heavy (non-hydrogen) atoms. The fourth-order valence-electron chi connectivity index (χ4n) is 2.57. The van der Waals surface area contributed by atoms with Crippen molar-refractivity contribution in [2.45, 2.75) is 38.1 Å². The summed E-state index contributed by atoms with van der Waals surface area (Å²) in [4.78, 5) is 12.1. The average molecular weight is 311 g/mol. The number of amidine groups is 1. The number of rotatable bonds is 3. The molecule has 0 bridgehead atoms. The van der Waals surface area contributed by atoms with Crippen LogP contribution in [0.3, 0.4) is 0 Å². The Kier molecular flexibility index (Phi) is 4.57. The van der Waals surface area contributed by atoms with Gasteiger partial charge in [0.15, 0.2) is 5.84 Å². The number of halogens is 1. The van der Waals surface area contributed by atoms with E-state index in [1.807, 2.05) is 13.0 Å². The Morgan fingerprint density at radius 2 is 2.10 bits per heavy atom. The van der Waals surface area contributed by atoms with E-state index in [0.717, 1.165) is 18.4 Å².